The second-order valence-corrected chi connectivity index (χ2v) is 7.27. The van der Waals surface area contributed by atoms with Crippen molar-refractivity contribution in [3.05, 3.63) is 0 Å². The Labute approximate surface area is 112 Å². The minimum absolute atomic E-state index is 0.447. The zero-order valence-electron chi connectivity index (χ0n) is 12.0. The molecule has 0 aromatic carbocycles. The van der Waals surface area contributed by atoms with E-state index in [4.69, 9.17) is 12.2 Å². The highest BCUT2D eigenvalue weighted by molar-refractivity contribution is 7.80. The van der Waals surface area contributed by atoms with Gasteiger partial charge in [0.05, 0.1) is 0 Å². The molecule has 0 saturated heterocycles. The van der Waals surface area contributed by atoms with Crippen LogP contribution in [-0.4, -0.2) is 17.7 Å². The molecular weight excluding hydrogens is 228 g/mol. The Morgan fingerprint density at radius 2 is 2.00 bits per heavy atom. The van der Waals surface area contributed by atoms with Gasteiger partial charge in [-0.05, 0) is 48.7 Å². The van der Waals surface area contributed by atoms with Crippen molar-refractivity contribution in [3.8, 4) is 0 Å². The van der Waals surface area contributed by atoms with E-state index in [0.717, 1.165) is 17.6 Å². The van der Waals surface area contributed by atoms with E-state index in [9.17, 15) is 0 Å². The minimum Gasteiger partial charge on any atom is -0.362 e. The molecule has 0 amide bonds. The maximum Gasteiger partial charge on any atom is 0.166 e. The lowest BCUT2D eigenvalue weighted by Gasteiger charge is -2.39. The van der Waals surface area contributed by atoms with Gasteiger partial charge in [-0.25, -0.2) is 0 Å². The molecule has 0 radical (unpaired) electrons. The maximum atomic E-state index is 5.34. The third kappa shape index (κ3) is 5.71. The van der Waals surface area contributed by atoms with Gasteiger partial charge in [-0.2, -0.15) is 0 Å². The van der Waals surface area contributed by atoms with Crippen molar-refractivity contribution in [3.63, 3.8) is 0 Å². The van der Waals surface area contributed by atoms with Crippen LogP contribution in [0.5, 0.6) is 0 Å². The fourth-order valence-electron chi connectivity index (χ4n) is 2.99. The first kappa shape index (κ1) is 14.7. The maximum absolute atomic E-state index is 5.34. The highest BCUT2D eigenvalue weighted by atomic mass is 32.1. The Balaban J connectivity index is 2.37. The quantitative estimate of drug-likeness (QED) is 0.758. The van der Waals surface area contributed by atoms with Gasteiger partial charge in [-0.15, -0.1) is 0 Å². The minimum atomic E-state index is 0.447. The molecule has 2 N–H and O–H groups in total. The largest absolute Gasteiger partial charge is 0.362 e. The van der Waals surface area contributed by atoms with Crippen LogP contribution in [0.15, 0.2) is 0 Å². The highest BCUT2D eigenvalue weighted by Gasteiger charge is 2.32. The zero-order valence-corrected chi connectivity index (χ0v) is 12.8. The molecule has 2 nitrogen and oxygen atoms in total. The Hall–Kier alpha value is -0.310. The first-order chi connectivity index (χ1) is 7.78. The average molecular weight is 256 g/mol. The predicted molar refractivity (Wildman–Crippen MR) is 79.2 cm³/mol. The molecule has 2 unspecified atom stereocenters. The van der Waals surface area contributed by atoms with Gasteiger partial charge < -0.3 is 10.6 Å². The molecule has 3 heteroatoms. The number of hydrogen-bond acceptors (Lipinski definition) is 1. The van der Waals surface area contributed by atoms with Crippen LogP contribution >= 0.6 is 12.2 Å². The topological polar surface area (TPSA) is 24.1 Å². The molecule has 17 heavy (non-hydrogen) atoms. The molecule has 1 aliphatic rings. The van der Waals surface area contributed by atoms with E-state index in [1.54, 1.807) is 0 Å². The van der Waals surface area contributed by atoms with Gasteiger partial charge in [0.15, 0.2) is 5.11 Å². The summed E-state index contributed by atoms with van der Waals surface area (Å²) in [6.45, 7) is 12.4. The summed E-state index contributed by atoms with van der Waals surface area (Å²) in [5.41, 5.74) is 0.447. The van der Waals surface area contributed by atoms with E-state index in [1.165, 1.54) is 19.3 Å². The molecule has 0 bridgehead atoms. The van der Waals surface area contributed by atoms with Gasteiger partial charge in [0.1, 0.15) is 0 Å². The van der Waals surface area contributed by atoms with Gasteiger partial charge >= 0.3 is 0 Å². The van der Waals surface area contributed by atoms with Crippen LogP contribution in [0.25, 0.3) is 0 Å². The second kappa shape index (κ2) is 6.03. The van der Waals surface area contributed by atoms with Gasteiger partial charge in [0.2, 0.25) is 0 Å². The van der Waals surface area contributed by atoms with Crippen molar-refractivity contribution in [1.29, 1.82) is 0 Å². The summed E-state index contributed by atoms with van der Waals surface area (Å²) in [6, 6.07) is 0.543. The molecule has 0 aromatic heterocycles. The molecule has 1 fully saturated rings. The zero-order chi connectivity index (χ0) is 13.1. The summed E-state index contributed by atoms with van der Waals surface area (Å²) < 4.78 is 0. The fourth-order valence-corrected chi connectivity index (χ4v) is 3.24. The number of thiocarbonyl (C=S) groups is 1. The van der Waals surface area contributed by atoms with Crippen molar-refractivity contribution in [2.45, 2.75) is 59.9 Å². The number of rotatable bonds is 3. The van der Waals surface area contributed by atoms with Crippen LogP contribution < -0.4 is 10.6 Å². The van der Waals surface area contributed by atoms with Crippen molar-refractivity contribution in [2.24, 2.45) is 17.3 Å². The van der Waals surface area contributed by atoms with Gasteiger partial charge in [-0.1, -0.05) is 34.6 Å². The summed E-state index contributed by atoms with van der Waals surface area (Å²) in [6.07, 6.45) is 3.80. The number of hydrogen-bond donors (Lipinski definition) is 2. The van der Waals surface area contributed by atoms with Gasteiger partial charge in [0.25, 0.3) is 0 Å². The molecule has 1 aliphatic carbocycles. The van der Waals surface area contributed by atoms with Crippen molar-refractivity contribution >= 4 is 17.3 Å². The summed E-state index contributed by atoms with van der Waals surface area (Å²) in [5.74, 6) is 1.43. The lowest BCUT2D eigenvalue weighted by Crippen LogP contribution is -2.47. The summed E-state index contributed by atoms with van der Waals surface area (Å²) in [7, 11) is 0. The molecule has 1 rings (SSSR count). The lowest BCUT2D eigenvalue weighted by molar-refractivity contribution is 0.161. The molecule has 100 valence electrons. The first-order valence-corrected chi connectivity index (χ1v) is 7.24. The van der Waals surface area contributed by atoms with Crippen molar-refractivity contribution in [2.75, 3.05) is 6.54 Å². The molecule has 1 saturated carbocycles. The van der Waals surface area contributed by atoms with Crippen molar-refractivity contribution in [1.82, 2.24) is 10.6 Å². The summed E-state index contributed by atoms with van der Waals surface area (Å²) >= 11 is 5.34. The molecule has 0 heterocycles. The van der Waals surface area contributed by atoms with Crippen LogP contribution in [0.3, 0.4) is 0 Å². The molecule has 0 aliphatic heterocycles. The Kier molecular flexibility index (Phi) is 5.23. The van der Waals surface area contributed by atoms with E-state index >= 15 is 0 Å². The van der Waals surface area contributed by atoms with E-state index in [2.05, 4.69) is 45.3 Å². The Morgan fingerprint density at radius 1 is 1.35 bits per heavy atom. The average Bonchev–Trinajstić information content (AvgIpc) is 2.11. The van der Waals surface area contributed by atoms with Crippen LogP contribution in [0.4, 0.5) is 0 Å². The third-order valence-corrected chi connectivity index (χ3v) is 3.66. The van der Waals surface area contributed by atoms with E-state index in [0.29, 0.717) is 17.4 Å². The lowest BCUT2D eigenvalue weighted by atomic mass is 9.71. The van der Waals surface area contributed by atoms with E-state index in [1.807, 2.05) is 0 Å². The molecule has 0 aromatic rings. The van der Waals surface area contributed by atoms with E-state index < -0.39 is 0 Å². The predicted octanol–water partition coefficient (Wildman–Crippen LogP) is 3.32. The Bertz CT molecular complexity index is 261. The fraction of sp³-hybridized carbons (Fsp3) is 0.929. The monoisotopic (exact) mass is 256 g/mol. The van der Waals surface area contributed by atoms with E-state index in [-0.39, 0.29) is 0 Å². The van der Waals surface area contributed by atoms with Crippen LogP contribution in [0, 0.1) is 17.3 Å². The van der Waals surface area contributed by atoms with Crippen molar-refractivity contribution < 1.29 is 0 Å². The standard InChI is InChI=1S/C14H28N2S/c1-10(2)9-15-13(17)16-12-6-11(3)7-14(4,5)8-12/h10-12H,6-9H2,1-5H3,(H2,15,16,17). The summed E-state index contributed by atoms with van der Waals surface area (Å²) in [4.78, 5) is 0. The van der Waals surface area contributed by atoms with Crippen LogP contribution in [0.1, 0.15) is 53.9 Å². The molecular formula is C14H28N2S. The Morgan fingerprint density at radius 3 is 2.53 bits per heavy atom. The first-order valence-electron chi connectivity index (χ1n) is 6.83. The number of nitrogens with one attached hydrogen (secondary N) is 2. The third-order valence-electron chi connectivity index (χ3n) is 3.39. The molecule has 2 atom stereocenters. The van der Waals surface area contributed by atoms with Gasteiger partial charge in [0, 0.05) is 12.6 Å². The SMILES string of the molecule is CC(C)CNC(=S)NC1CC(C)CC(C)(C)C1. The normalized spacial score (nSPS) is 27.9. The van der Waals surface area contributed by atoms with Crippen LogP contribution in [0.2, 0.25) is 0 Å². The second-order valence-electron chi connectivity index (χ2n) is 6.86. The van der Waals surface area contributed by atoms with Crippen LogP contribution in [-0.2, 0) is 0 Å². The highest BCUT2D eigenvalue weighted by Crippen LogP contribution is 2.38. The smallest absolute Gasteiger partial charge is 0.166 e. The molecule has 0 spiro atoms. The summed E-state index contributed by atoms with van der Waals surface area (Å²) in [5, 5.41) is 7.60. The van der Waals surface area contributed by atoms with Gasteiger partial charge in [-0.3, -0.25) is 0 Å².